The Hall–Kier alpha value is -2.11. The number of fused-ring (bicyclic) bond motifs is 1. The summed E-state index contributed by atoms with van der Waals surface area (Å²) in [5, 5.41) is 0. The van der Waals surface area contributed by atoms with Gasteiger partial charge in [0.15, 0.2) is 0 Å². The van der Waals surface area contributed by atoms with Crippen LogP contribution in [0.15, 0.2) is 59.1 Å². The maximum atomic E-state index is 12.9. The van der Waals surface area contributed by atoms with Gasteiger partial charge in [-0.15, -0.1) is 11.3 Å². The summed E-state index contributed by atoms with van der Waals surface area (Å²) >= 11 is 5.34. The molecule has 1 aliphatic heterocycles. The standard InChI is InChI=1S/C22H21BrN2OS/c1-24(2)19-9-5-16(6-10-19)22(26)25-12-11-20-17(14-25)13-21(27-20)15-3-7-18(23)8-4-15/h3-10,13H,11-12,14H2,1-2H3. The minimum absolute atomic E-state index is 0.113. The molecule has 0 saturated carbocycles. The molecule has 0 aliphatic carbocycles. The first-order valence-corrected chi connectivity index (χ1v) is 10.6. The fourth-order valence-electron chi connectivity index (χ4n) is 3.35. The van der Waals surface area contributed by atoms with Gasteiger partial charge in [0.05, 0.1) is 0 Å². The Morgan fingerprint density at radius 3 is 2.44 bits per heavy atom. The van der Waals surface area contributed by atoms with Crippen molar-refractivity contribution in [2.24, 2.45) is 0 Å². The molecule has 2 aromatic carbocycles. The van der Waals surface area contributed by atoms with Crippen LogP contribution in [0.4, 0.5) is 5.69 Å². The highest BCUT2D eigenvalue weighted by Crippen LogP contribution is 2.35. The molecule has 1 amide bonds. The minimum atomic E-state index is 0.113. The summed E-state index contributed by atoms with van der Waals surface area (Å²) in [5.74, 6) is 0.113. The van der Waals surface area contributed by atoms with Gasteiger partial charge in [-0.3, -0.25) is 4.79 Å². The van der Waals surface area contributed by atoms with E-state index in [1.54, 1.807) is 0 Å². The van der Waals surface area contributed by atoms with Crippen molar-refractivity contribution < 1.29 is 4.79 Å². The molecule has 0 atom stereocenters. The highest BCUT2D eigenvalue weighted by Gasteiger charge is 2.24. The van der Waals surface area contributed by atoms with E-state index in [1.807, 2.05) is 59.5 Å². The van der Waals surface area contributed by atoms with E-state index < -0.39 is 0 Å². The van der Waals surface area contributed by atoms with Crippen LogP contribution >= 0.6 is 27.3 Å². The van der Waals surface area contributed by atoms with Crippen LogP contribution in [-0.4, -0.2) is 31.4 Å². The van der Waals surface area contributed by atoms with Gasteiger partial charge in [0.2, 0.25) is 0 Å². The van der Waals surface area contributed by atoms with E-state index in [-0.39, 0.29) is 5.91 Å². The molecule has 0 unspecified atom stereocenters. The Balaban J connectivity index is 1.52. The fourth-order valence-corrected chi connectivity index (χ4v) is 4.78. The van der Waals surface area contributed by atoms with Crippen molar-refractivity contribution in [1.29, 1.82) is 0 Å². The first kappa shape index (κ1) is 18.3. The Kier molecular flexibility index (Phi) is 5.06. The van der Waals surface area contributed by atoms with Gasteiger partial charge in [-0.25, -0.2) is 0 Å². The molecule has 1 aromatic heterocycles. The van der Waals surface area contributed by atoms with Gasteiger partial charge in [-0.1, -0.05) is 28.1 Å². The molecule has 3 nitrogen and oxygen atoms in total. The average molecular weight is 441 g/mol. The summed E-state index contributed by atoms with van der Waals surface area (Å²) in [5.41, 5.74) is 4.37. The Bertz CT molecular complexity index is 961. The number of hydrogen-bond acceptors (Lipinski definition) is 3. The van der Waals surface area contributed by atoms with Crippen LogP contribution in [0.2, 0.25) is 0 Å². The van der Waals surface area contributed by atoms with E-state index in [0.717, 1.165) is 28.7 Å². The molecule has 2 heterocycles. The number of benzene rings is 2. The third kappa shape index (κ3) is 3.80. The zero-order valence-electron chi connectivity index (χ0n) is 15.4. The van der Waals surface area contributed by atoms with Crippen molar-refractivity contribution in [2.75, 3.05) is 25.5 Å². The van der Waals surface area contributed by atoms with Crippen LogP contribution in [0.5, 0.6) is 0 Å². The number of rotatable bonds is 3. The number of thiophene rings is 1. The maximum Gasteiger partial charge on any atom is 0.254 e. The predicted molar refractivity (Wildman–Crippen MR) is 117 cm³/mol. The quantitative estimate of drug-likeness (QED) is 0.540. The van der Waals surface area contributed by atoms with E-state index in [4.69, 9.17) is 0 Å². The van der Waals surface area contributed by atoms with Crippen molar-refractivity contribution in [3.05, 3.63) is 75.1 Å². The van der Waals surface area contributed by atoms with E-state index in [1.165, 1.54) is 20.9 Å². The zero-order valence-corrected chi connectivity index (χ0v) is 17.8. The molecule has 0 saturated heterocycles. The van der Waals surface area contributed by atoms with E-state index >= 15 is 0 Å². The van der Waals surface area contributed by atoms with Crippen LogP contribution in [0.1, 0.15) is 20.8 Å². The Labute approximate surface area is 172 Å². The number of carbonyl (C=O) groups excluding carboxylic acids is 1. The van der Waals surface area contributed by atoms with Gasteiger partial charge < -0.3 is 9.80 Å². The average Bonchev–Trinajstić information content (AvgIpc) is 3.11. The lowest BCUT2D eigenvalue weighted by molar-refractivity contribution is 0.0736. The van der Waals surface area contributed by atoms with Gasteiger partial charge in [0.1, 0.15) is 0 Å². The number of halogens is 1. The van der Waals surface area contributed by atoms with Crippen LogP contribution < -0.4 is 4.90 Å². The first-order valence-electron chi connectivity index (χ1n) is 8.95. The molecule has 0 fully saturated rings. The molecule has 0 radical (unpaired) electrons. The highest BCUT2D eigenvalue weighted by atomic mass is 79.9. The first-order chi connectivity index (χ1) is 13.0. The van der Waals surface area contributed by atoms with E-state index in [0.29, 0.717) is 6.54 Å². The molecule has 138 valence electrons. The minimum Gasteiger partial charge on any atom is -0.378 e. The van der Waals surface area contributed by atoms with Gasteiger partial charge in [-0.2, -0.15) is 0 Å². The van der Waals surface area contributed by atoms with E-state index in [2.05, 4.69) is 46.3 Å². The Morgan fingerprint density at radius 1 is 1.07 bits per heavy atom. The van der Waals surface area contributed by atoms with Crippen molar-refractivity contribution in [2.45, 2.75) is 13.0 Å². The third-order valence-electron chi connectivity index (χ3n) is 4.91. The van der Waals surface area contributed by atoms with Gasteiger partial charge in [0, 0.05) is 52.7 Å². The smallest absolute Gasteiger partial charge is 0.254 e. The largest absolute Gasteiger partial charge is 0.378 e. The third-order valence-corrected chi connectivity index (χ3v) is 6.73. The summed E-state index contributed by atoms with van der Waals surface area (Å²) in [4.78, 5) is 19.6. The van der Waals surface area contributed by atoms with Crippen molar-refractivity contribution in [3.8, 4) is 10.4 Å². The predicted octanol–water partition coefficient (Wildman–Crippen LogP) is 5.44. The van der Waals surface area contributed by atoms with Gasteiger partial charge in [0.25, 0.3) is 5.91 Å². The molecule has 5 heteroatoms. The summed E-state index contributed by atoms with van der Waals surface area (Å²) in [6.07, 6.45) is 0.929. The van der Waals surface area contributed by atoms with Crippen molar-refractivity contribution in [1.82, 2.24) is 4.90 Å². The van der Waals surface area contributed by atoms with E-state index in [9.17, 15) is 4.79 Å². The van der Waals surface area contributed by atoms with Crippen LogP contribution in [0, 0.1) is 0 Å². The molecular weight excluding hydrogens is 420 g/mol. The lowest BCUT2D eigenvalue weighted by Crippen LogP contribution is -2.35. The fraction of sp³-hybridized carbons (Fsp3) is 0.227. The monoisotopic (exact) mass is 440 g/mol. The molecule has 4 rings (SSSR count). The normalized spacial score (nSPS) is 13.4. The number of amides is 1. The molecule has 0 bridgehead atoms. The maximum absolute atomic E-state index is 12.9. The molecular formula is C22H21BrN2OS. The van der Waals surface area contributed by atoms with Crippen molar-refractivity contribution in [3.63, 3.8) is 0 Å². The summed E-state index contributed by atoms with van der Waals surface area (Å²) < 4.78 is 1.09. The van der Waals surface area contributed by atoms with Crippen LogP contribution in [-0.2, 0) is 13.0 Å². The summed E-state index contributed by atoms with van der Waals surface area (Å²) in [7, 11) is 4.01. The number of carbonyl (C=O) groups is 1. The second kappa shape index (κ2) is 7.49. The topological polar surface area (TPSA) is 23.6 Å². The summed E-state index contributed by atoms with van der Waals surface area (Å²) in [6, 6.07) is 18.5. The SMILES string of the molecule is CN(C)c1ccc(C(=O)N2CCc3sc(-c4ccc(Br)cc4)cc3C2)cc1. The molecule has 27 heavy (non-hydrogen) atoms. The molecule has 0 spiro atoms. The second-order valence-electron chi connectivity index (χ2n) is 6.98. The van der Waals surface area contributed by atoms with Crippen LogP contribution in [0.25, 0.3) is 10.4 Å². The lowest BCUT2D eigenvalue weighted by atomic mass is 10.1. The Morgan fingerprint density at radius 2 is 1.78 bits per heavy atom. The second-order valence-corrected chi connectivity index (χ2v) is 9.04. The molecule has 3 aromatic rings. The number of anilines is 1. The molecule has 0 N–H and O–H groups in total. The number of hydrogen-bond donors (Lipinski definition) is 0. The van der Waals surface area contributed by atoms with Crippen LogP contribution in [0.3, 0.4) is 0 Å². The summed E-state index contributed by atoms with van der Waals surface area (Å²) in [6.45, 7) is 1.47. The zero-order chi connectivity index (χ0) is 19.0. The molecule has 1 aliphatic rings. The van der Waals surface area contributed by atoms with Gasteiger partial charge >= 0.3 is 0 Å². The lowest BCUT2D eigenvalue weighted by Gasteiger charge is -2.27. The highest BCUT2D eigenvalue weighted by molar-refractivity contribution is 9.10. The van der Waals surface area contributed by atoms with Gasteiger partial charge in [-0.05, 0) is 60.0 Å². The van der Waals surface area contributed by atoms with Crippen molar-refractivity contribution >= 4 is 38.9 Å². The number of nitrogens with zero attached hydrogens (tertiary/aromatic N) is 2.